The van der Waals surface area contributed by atoms with E-state index in [0.29, 0.717) is 5.22 Å². The molecule has 1 unspecified atom stereocenters. The van der Waals surface area contributed by atoms with E-state index in [2.05, 4.69) is 11.4 Å². The number of hydrogen-bond donors (Lipinski definition) is 2. The number of carboxylic acids is 1. The van der Waals surface area contributed by atoms with Gasteiger partial charge in [-0.1, -0.05) is 18.7 Å². The van der Waals surface area contributed by atoms with Crippen molar-refractivity contribution >= 4 is 18.1 Å². The van der Waals surface area contributed by atoms with Crippen LogP contribution in [0.25, 0.3) is 17.0 Å². The molecule has 1 atom stereocenters. The molecule has 0 aliphatic carbocycles. The summed E-state index contributed by atoms with van der Waals surface area (Å²) in [6, 6.07) is 9.58. The fraction of sp³-hybridized carbons (Fsp3) is 0.0800. The summed E-state index contributed by atoms with van der Waals surface area (Å²) in [5.41, 5.74) is -5.98. The van der Waals surface area contributed by atoms with E-state index in [4.69, 9.17) is 11.3 Å². The Morgan fingerprint density at radius 1 is 1.15 bits per heavy atom. The zero-order chi connectivity index (χ0) is 24.9. The molecule has 0 bridgehead atoms. The minimum atomic E-state index is -2.48. The fourth-order valence-corrected chi connectivity index (χ4v) is 3.85. The molecule has 3 aromatic rings. The van der Waals surface area contributed by atoms with Gasteiger partial charge in [-0.2, -0.15) is 5.26 Å². The largest absolute Gasteiger partial charge is 0.508 e. The first kappa shape index (κ1) is 22.4. The Morgan fingerprint density at radius 2 is 1.85 bits per heavy atom. The van der Waals surface area contributed by atoms with Crippen molar-refractivity contribution in [2.24, 2.45) is 0 Å². The molecule has 0 aromatic heterocycles. The molecule has 4 rings (SSSR count). The monoisotopic (exact) mass is 462 g/mol. The van der Waals surface area contributed by atoms with Crippen LogP contribution in [0, 0.1) is 35.4 Å². The van der Waals surface area contributed by atoms with E-state index in [9.17, 15) is 24.7 Å². The number of fused-ring (bicyclic) bond motifs is 2. The maximum atomic E-state index is 16.0. The zero-order valence-electron chi connectivity index (χ0n) is 17.4. The Labute approximate surface area is 190 Å². The van der Waals surface area contributed by atoms with Crippen LogP contribution in [0.2, 0.25) is 0 Å². The maximum absolute atomic E-state index is 16.0. The van der Waals surface area contributed by atoms with Crippen molar-refractivity contribution in [3.8, 4) is 23.3 Å². The van der Waals surface area contributed by atoms with Gasteiger partial charge in [0, 0.05) is 34.9 Å². The first-order valence-electron chi connectivity index (χ1n) is 9.63. The Balaban J connectivity index is 2.31. The van der Waals surface area contributed by atoms with E-state index in [1.807, 2.05) is 0 Å². The third-order valence-corrected chi connectivity index (χ3v) is 5.48. The lowest BCUT2D eigenvalue weighted by molar-refractivity contribution is 0.0689. The first-order valence-corrected chi connectivity index (χ1v) is 9.63. The van der Waals surface area contributed by atoms with Crippen molar-refractivity contribution in [2.75, 3.05) is 0 Å². The van der Waals surface area contributed by atoms with Gasteiger partial charge in [0.15, 0.2) is 17.7 Å². The lowest BCUT2D eigenvalue weighted by atomic mass is 9.83. The van der Waals surface area contributed by atoms with E-state index in [1.165, 1.54) is 42.5 Å². The molecule has 0 spiro atoms. The van der Waals surface area contributed by atoms with Crippen molar-refractivity contribution in [1.29, 1.82) is 5.26 Å². The number of carbonyl (C=O) groups is 1. The molecule has 168 valence electrons. The molecule has 6 nitrogen and oxygen atoms in total. The van der Waals surface area contributed by atoms with Crippen LogP contribution in [0.5, 0.6) is 17.2 Å². The molecule has 34 heavy (non-hydrogen) atoms. The lowest BCUT2D eigenvalue weighted by Crippen LogP contribution is -2.26. The number of nitriles is 1. The van der Waals surface area contributed by atoms with Crippen molar-refractivity contribution in [3.63, 3.8) is 0 Å². The summed E-state index contributed by atoms with van der Waals surface area (Å²) in [5, 5.41) is 29.7. The molecule has 0 radical (unpaired) electrons. The normalized spacial score (nSPS) is 13.5. The van der Waals surface area contributed by atoms with Crippen molar-refractivity contribution in [3.05, 3.63) is 98.0 Å². The molecule has 3 aromatic carbocycles. The van der Waals surface area contributed by atoms with Crippen LogP contribution in [0.3, 0.4) is 0 Å². The van der Waals surface area contributed by atoms with E-state index in [-0.39, 0.29) is 33.6 Å². The number of aromatic hydroxyl groups is 1. The summed E-state index contributed by atoms with van der Waals surface area (Å²) in [4.78, 5) is 15.0. The number of ether oxygens (including phenoxy) is 1. The lowest BCUT2D eigenvalue weighted by Gasteiger charge is -2.24. The summed E-state index contributed by atoms with van der Waals surface area (Å²) < 4.78 is 51.9. The second-order valence-electron chi connectivity index (χ2n) is 7.66. The highest BCUT2D eigenvalue weighted by Crippen LogP contribution is 2.43. The van der Waals surface area contributed by atoms with Gasteiger partial charge in [-0.3, -0.25) is 4.85 Å². The summed E-state index contributed by atoms with van der Waals surface area (Å²) in [6.07, 6.45) is 0. The van der Waals surface area contributed by atoms with Crippen molar-refractivity contribution in [2.45, 2.75) is 12.5 Å². The first-order chi connectivity index (χ1) is 16.0. The zero-order valence-corrected chi connectivity index (χ0v) is 17.4. The topological polar surface area (TPSA) is 94.9 Å². The van der Waals surface area contributed by atoms with Gasteiger partial charge >= 0.3 is 11.5 Å². The number of aromatic carboxylic acids is 1. The fourth-order valence-electron chi connectivity index (χ4n) is 3.85. The second kappa shape index (κ2) is 7.68. The van der Waals surface area contributed by atoms with Crippen LogP contribution in [-0.4, -0.2) is 16.2 Å². The molecule has 9 heteroatoms. The van der Waals surface area contributed by atoms with E-state index >= 15 is 8.78 Å². The highest BCUT2D eigenvalue weighted by Gasteiger charge is 2.45. The predicted octanol–water partition coefficient (Wildman–Crippen LogP) is 3.93. The minimum Gasteiger partial charge on any atom is -0.508 e. The van der Waals surface area contributed by atoms with Gasteiger partial charge in [-0.25, -0.2) is 24.5 Å². The van der Waals surface area contributed by atoms with Crippen molar-refractivity contribution < 1.29 is 32.9 Å². The van der Waals surface area contributed by atoms with Crippen molar-refractivity contribution in [1.82, 2.24) is 0 Å². The number of carboxylic acid groups (broad SMARTS) is 1. The molecule has 0 saturated carbocycles. The van der Waals surface area contributed by atoms with Gasteiger partial charge in [0.2, 0.25) is 0 Å². The number of benzene rings is 3. The predicted molar refractivity (Wildman–Crippen MR) is 114 cm³/mol. The number of nitrogens with zero attached hydrogens (tertiary/aromatic N) is 2. The summed E-state index contributed by atoms with van der Waals surface area (Å²) in [5.74, 6) is -7.53. The molecule has 1 heterocycles. The molecular formula is C25H13F3N2O4. The number of halogens is 3. The molecule has 2 N–H and O–H groups in total. The average Bonchev–Trinajstić information content (AvgIpc) is 2.79. The number of hydrogen-bond acceptors (Lipinski definition) is 4. The van der Waals surface area contributed by atoms with Gasteiger partial charge in [0.05, 0.1) is 0 Å². The number of phenolic OH excluding ortho intramolecular Hbond substituents is 1. The highest BCUT2D eigenvalue weighted by molar-refractivity contribution is 5.99. The molecule has 0 fully saturated rings. The van der Waals surface area contributed by atoms with Crippen LogP contribution in [0.1, 0.15) is 34.0 Å². The van der Waals surface area contributed by atoms with Crippen LogP contribution in [0.4, 0.5) is 13.2 Å². The number of phenols is 1. The summed E-state index contributed by atoms with van der Waals surface area (Å²) in [7, 11) is 0. The maximum Gasteiger partial charge on any atom is 0.343 e. The Hall–Kier alpha value is -4.76. The average molecular weight is 462 g/mol. The van der Waals surface area contributed by atoms with Crippen LogP contribution in [-0.2, 0) is 5.54 Å². The van der Waals surface area contributed by atoms with Crippen LogP contribution >= 0.6 is 0 Å². The SMILES string of the molecule is [C-]#[N+]C(C)(C#N)c1c(F)c(F)c(C(=O)O)c(C2=c3ccc(=C)cc3Oc3cc(O)ccc32)c1F. The van der Waals surface area contributed by atoms with E-state index in [1.54, 1.807) is 0 Å². The van der Waals surface area contributed by atoms with E-state index < -0.39 is 45.7 Å². The summed E-state index contributed by atoms with van der Waals surface area (Å²) in [6.45, 7) is 11.9. The van der Waals surface area contributed by atoms with E-state index in [0.717, 1.165) is 6.92 Å². The Morgan fingerprint density at radius 3 is 2.47 bits per heavy atom. The minimum absolute atomic E-state index is 0.0108. The smallest absolute Gasteiger partial charge is 0.343 e. The van der Waals surface area contributed by atoms with Crippen LogP contribution < -0.4 is 15.2 Å². The molecule has 1 aliphatic heterocycles. The van der Waals surface area contributed by atoms with Crippen LogP contribution in [0.15, 0.2) is 36.4 Å². The van der Waals surface area contributed by atoms with Gasteiger partial charge in [0.25, 0.3) is 0 Å². The Kier molecular flexibility index (Phi) is 5.07. The quantitative estimate of drug-likeness (QED) is 0.356. The van der Waals surface area contributed by atoms with Gasteiger partial charge in [-0.15, -0.1) is 0 Å². The van der Waals surface area contributed by atoms with Gasteiger partial charge < -0.3 is 14.9 Å². The van der Waals surface area contributed by atoms with Gasteiger partial charge in [-0.05, 0) is 23.4 Å². The third-order valence-electron chi connectivity index (χ3n) is 5.48. The molecule has 0 amide bonds. The Bertz CT molecular complexity index is 1600. The van der Waals surface area contributed by atoms with Gasteiger partial charge in [0.1, 0.15) is 34.2 Å². The molecular weight excluding hydrogens is 449 g/mol. The molecule has 0 saturated heterocycles. The second-order valence-corrected chi connectivity index (χ2v) is 7.66. The standard InChI is InChI=1S/C25H13F3N2O4/c1-11-4-6-13-15(8-11)34-16-9-12(31)5-7-14(16)17(13)18-19(24(32)33)22(27)23(28)20(21(18)26)25(2,10-29)30-3/h4-9,31H,1H2,2H3,(H,32,33). The highest BCUT2D eigenvalue weighted by atomic mass is 19.2. The number of rotatable bonds is 3. The summed E-state index contributed by atoms with van der Waals surface area (Å²) >= 11 is 0. The molecule has 1 aliphatic rings. The third kappa shape index (κ3) is 3.14.